The highest BCUT2D eigenvalue weighted by atomic mass is 16.7. The van der Waals surface area contributed by atoms with Crippen LogP contribution in [-0.4, -0.2) is 45.5 Å². The number of guanidine groups is 1. The van der Waals surface area contributed by atoms with Gasteiger partial charge in [-0.05, 0) is 49.1 Å². The summed E-state index contributed by atoms with van der Waals surface area (Å²) >= 11 is 0. The fraction of sp³-hybridized carbons (Fsp3) is 0.435. The number of ether oxygens (including phenoxy) is 2. The van der Waals surface area contributed by atoms with Crippen molar-refractivity contribution in [2.45, 2.75) is 30.7 Å². The van der Waals surface area contributed by atoms with Crippen LogP contribution in [0.4, 0.5) is 5.69 Å². The molecule has 0 amide bonds. The molecule has 0 aromatic heterocycles. The van der Waals surface area contributed by atoms with E-state index in [4.69, 9.17) is 9.47 Å². The van der Waals surface area contributed by atoms with Gasteiger partial charge in [0, 0.05) is 43.8 Å². The molecule has 29 heavy (non-hydrogen) atoms. The quantitative estimate of drug-likeness (QED) is 0.605. The first-order chi connectivity index (χ1) is 14.3. The van der Waals surface area contributed by atoms with E-state index in [0.29, 0.717) is 12.8 Å². The summed E-state index contributed by atoms with van der Waals surface area (Å²) in [6.07, 6.45) is 3.48. The van der Waals surface area contributed by atoms with Crippen molar-refractivity contribution in [2.24, 2.45) is 4.99 Å². The van der Waals surface area contributed by atoms with Crippen molar-refractivity contribution in [3.05, 3.63) is 54.1 Å². The average Bonchev–Trinajstić information content (AvgIpc) is 3.18. The van der Waals surface area contributed by atoms with E-state index >= 15 is 0 Å². The number of aliphatic imine (C=N–C) groups is 1. The fourth-order valence-electron chi connectivity index (χ4n) is 4.34. The third kappa shape index (κ3) is 3.71. The van der Waals surface area contributed by atoms with Crippen LogP contribution in [0.25, 0.3) is 0 Å². The minimum atomic E-state index is 0.171. The molecule has 2 aromatic rings. The maximum Gasteiger partial charge on any atom is 0.231 e. The van der Waals surface area contributed by atoms with Gasteiger partial charge in [-0.3, -0.25) is 4.99 Å². The highest BCUT2D eigenvalue weighted by molar-refractivity contribution is 5.80. The molecule has 1 saturated carbocycles. The predicted octanol–water partition coefficient (Wildman–Crippen LogP) is 2.89. The largest absolute Gasteiger partial charge is 0.454 e. The van der Waals surface area contributed by atoms with Gasteiger partial charge in [0.2, 0.25) is 6.79 Å². The monoisotopic (exact) mass is 392 g/mol. The topological polar surface area (TPSA) is 58.1 Å². The first-order valence-corrected chi connectivity index (χ1v) is 10.4. The lowest BCUT2D eigenvalue weighted by atomic mass is 9.95. The Labute approximate surface area is 171 Å². The van der Waals surface area contributed by atoms with Crippen molar-refractivity contribution in [1.29, 1.82) is 0 Å². The van der Waals surface area contributed by atoms with Crippen molar-refractivity contribution < 1.29 is 9.47 Å². The maximum atomic E-state index is 5.56. The average molecular weight is 393 g/mol. The first kappa shape index (κ1) is 18.2. The molecule has 3 aliphatic rings. The lowest BCUT2D eigenvalue weighted by Gasteiger charge is -2.22. The Balaban J connectivity index is 1.17. The number of benzene rings is 2. The molecular formula is C23H28N4O2. The summed E-state index contributed by atoms with van der Waals surface area (Å²) in [4.78, 5) is 6.89. The van der Waals surface area contributed by atoms with Gasteiger partial charge in [0.05, 0.1) is 0 Å². The smallest absolute Gasteiger partial charge is 0.231 e. The summed E-state index contributed by atoms with van der Waals surface area (Å²) in [6.45, 7) is 3.27. The van der Waals surface area contributed by atoms with E-state index in [-0.39, 0.29) is 5.41 Å². The normalized spacial score (nSPS) is 21.9. The van der Waals surface area contributed by atoms with Crippen LogP contribution < -0.4 is 25.0 Å². The van der Waals surface area contributed by atoms with Crippen molar-refractivity contribution in [3.8, 4) is 11.5 Å². The number of para-hydroxylation sites is 1. The summed E-state index contributed by atoms with van der Waals surface area (Å²) < 4.78 is 11.0. The zero-order chi connectivity index (χ0) is 19.7. The van der Waals surface area contributed by atoms with Crippen LogP contribution in [0.3, 0.4) is 0 Å². The highest BCUT2D eigenvalue weighted by Crippen LogP contribution is 2.49. The van der Waals surface area contributed by atoms with Gasteiger partial charge in [0.15, 0.2) is 17.5 Å². The molecule has 6 heteroatoms. The van der Waals surface area contributed by atoms with Gasteiger partial charge in [-0.15, -0.1) is 0 Å². The number of nitrogens with zero attached hydrogens (tertiary/aromatic N) is 2. The minimum Gasteiger partial charge on any atom is -0.454 e. The molecule has 0 spiro atoms. The van der Waals surface area contributed by atoms with E-state index in [1.807, 2.05) is 13.1 Å². The van der Waals surface area contributed by atoms with Gasteiger partial charge >= 0.3 is 0 Å². The molecule has 1 aliphatic carbocycles. The molecule has 1 unspecified atom stereocenters. The van der Waals surface area contributed by atoms with Gasteiger partial charge in [0.1, 0.15) is 0 Å². The highest BCUT2D eigenvalue weighted by Gasteiger charge is 2.45. The molecular weight excluding hydrogens is 364 g/mol. The van der Waals surface area contributed by atoms with Gasteiger partial charge in [-0.1, -0.05) is 24.3 Å². The van der Waals surface area contributed by atoms with Crippen LogP contribution in [0.2, 0.25) is 0 Å². The van der Waals surface area contributed by atoms with E-state index in [2.05, 4.69) is 63.0 Å². The van der Waals surface area contributed by atoms with Crippen molar-refractivity contribution in [2.75, 3.05) is 38.4 Å². The van der Waals surface area contributed by atoms with Crippen LogP contribution in [0, 0.1) is 0 Å². The molecule has 0 radical (unpaired) electrons. The lowest BCUT2D eigenvalue weighted by Crippen LogP contribution is -2.46. The molecule has 5 rings (SSSR count). The van der Waals surface area contributed by atoms with Gasteiger partial charge in [-0.25, -0.2) is 0 Å². The van der Waals surface area contributed by atoms with E-state index < -0.39 is 0 Å². The number of fused-ring (bicyclic) bond motifs is 1. The Kier molecular flexibility index (Phi) is 4.70. The van der Waals surface area contributed by atoms with Crippen LogP contribution in [0.1, 0.15) is 24.8 Å². The van der Waals surface area contributed by atoms with Crippen LogP contribution in [0.15, 0.2) is 53.5 Å². The summed E-state index contributed by atoms with van der Waals surface area (Å²) in [5.74, 6) is 2.60. The molecule has 2 heterocycles. The van der Waals surface area contributed by atoms with Gasteiger partial charge < -0.3 is 25.0 Å². The second-order valence-electron chi connectivity index (χ2n) is 8.19. The van der Waals surface area contributed by atoms with Gasteiger partial charge in [0.25, 0.3) is 0 Å². The Bertz CT molecular complexity index is 895. The predicted molar refractivity (Wildman–Crippen MR) is 115 cm³/mol. The second-order valence-corrected chi connectivity index (χ2v) is 8.19. The Morgan fingerprint density at radius 2 is 1.97 bits per heavy atom. The zero-order valence-corrected chi connectivity index (χ0v) is 16.9. The summed E-state index contributed by atoms with van der Waals surface area (Å²) in [6, 6.07) is 17.4. The van der Waals surface area contributed by atoms with Crippen molar-refractivity contribution in [1.82, 2.24) is 10.6 Å². The third-order valence-corrected chi connectivity index (χ3v) is 6.31. The molecule has 2 aliphatic heterocycles. The molecule has 2 N–H and O–H groups in total. The second kappa shape index (κ2) is 7.50. The number of hydrogen-bond acceptors (Lipinski definition) is 4. The van der Waals surface area contributed by atoms with Crippen molar-refractivity contribution in [3.63, 3.8) is 0 Å². The van der Waals surface area contributed by atoms with E-state index in [1.54, 1.807) is 0 Å². The van der Waals surface area contributed by atoms with E-state index in [0.717, 1.165) is 43.5 Å². The molecule has 1 atom stereocenters. The molecule has 1 saturated heterocycles. The SMILES string of the molecule is CN=C(NCC1(c2ccc3c(c2)OCO3)CC1)NC1CCN(c2ccccc2)C1. The third-order valence-electron chi connectivity index (χ3n) is 6.31. The summed E-state index contributed by atoms with van der Waals surface area (Å²) in [5, 5.41) is 7.18. The lowest BCUT2D eigenvalue weighted by molar-refractivity contribution is 0.174. The van der Waals surface area contributed by atoms with Crippen LogP contribution in [0.5, 0.6) is 11.5 Å². The Morgan fingerprint density at radius 3 is 2.76 bits per heavy atom. The Hall–Kier alpha value is -2.89. The standard InChI is InChI=1S/C23H28N4O2/c1-24-22(26-18-9-12-27(14-18)19-5-3-2-4-6-19)25-15-23(10-11-23)17-7-8-20-21(13-17)29-16-28-20/h2-8,13,18H,9-12,14-16H2,1H3,(H2,24,25,26). The fourth-order valence-corrected chi connectivity index (χ4v) is 4.34. The molecule has 2 fully saturated rings. The molecule has 2 aromatic carbocycles. The maximum absolute atomic E-state index is 5.56. The van der Waals surface area contributed by atoms with E-state index in [9.17, 15) is 0 Å². The van der Waals surface area contributed by atoms with Crippen LogP contribution >= 0.6 is 0 Å². The number of hydrogen-bond donors (Lipinski definition) is 2. The summed E-state index contributed by atoms with van der Waals surface area (Å²) in [5.41, 5.74) is 2.78. The van der Waals surface area contributed by atoms with E-state index in [1.165, 1.54) is 24.1 Å². The number of anilines is 1. The van der Waals surface area contributed by atoms with Crippen LogP contribution in [-0.2, 0) is 5.41 Å². The van der Waals surface area contributed by atoms with Crippen molar-refractivity contribution >= 4 is 11.6 Å². The zero-order valence-electron chi connectivity index (χ0n) is 16.9. The Morgan fingerprint density at radius 1 is 1.14 bits per heavy atom. The number of nitrogens with one attached hydrogen (secondary N) is 2. The van der Waals surface area contributed by atoms with Gasteiger partial charge in [-0.2, -0.15) is 0 Å². The number of rotatable bonds is 5. The summed E-state index contributed by atoms with van der Waals surface area (Å²) in [7, 11) is 1.85. The molecule has 152 valence electrons. The molecule has 0 bridgehead atoms. The molecule has 6 nitrogen and oxygen atoms in total. The minimum absolute atomic E-state index is 0.171. The first-order valence-electron chi connectivity index (χ1n) is 10.4.